The fraction of sp³-hybridized carbons (Fsp3) is 0.176. The van der Waals surface area contributed by atoms with Gasteiger partial charge in [0.1, 0.15) is 18.4 Å². The number of rotatable bonds is 6. The van der Waals surface area contributed by atoms with Gasteiger partial charge in [0.15, 0.2) is 0 Å². The second-order valence-corrected chi connectivity index (χ2v) is 4.90. The van der Waals surface area contributed by atoms with E-state index in [1.54, 1.807) is 19.1 Å². The highest BCUT2D eigenvalue weighted by molar-refractivity contribution is 5.97. The standard InChI is InChI=1S/C17H18N2O3/c1-12(16(18)20)19-17(21)14-9-7-13(8-10-14)11-22-15-5-3-2-4-6-15/h2-10,12H,11H2,1H3,(H2,18,20)(H,19,21). The highest BCUT2D eigenvalue weighted by atomic mass is 16.5. The second kappa shape index (κ2) is 7.26. The summed E-state index contributed by atoms with van der Waals surface area (Å²) in [5.41, 5.74) is 6.53. The molecule has 3 N–H and O–H groups in total. The number of hydrogen-bond donors (Lipinski definition) is 2. The Morgan fingerprint density at radius 3 is 2.32 bits per heavy atom. The number of para-hydroxylation sites is 1. The van der Waals surface area contributed by atoms with Gasteiger partial charge in [0, 0.05) is 5.56 Å². The van der Waals surface area contributed by atoms with Crippen molar-refractivity contribution in [2.45, 2.75) is 19.6 Å². The van der Waals surface area contributed by atoms with Gasteiger partial charge >= 0.3 is 0 Å². The van der Waals surface area contributed by atoms with Crippen LogP contribution >= 0.6 is 0 Å². The molecule has 0 fully saturated rings. The highest BCUT2D eigenvalue weighted by Gasteiger charge is 2.13. The van der Waals surface area contributed by atoms with E-state index in [4.69, 9.17) is 10.5 Å². The van der Waals surface area contributed by atoms with Crippen LogP contribution in [0, 0.1) is 0 Å². The molecule has 0 bridgehead atoms. The van der Waals surface area contributed by atoms with Gasteiger partial charge in [0.25, 0.3) is 5.91 Å². The predicted octanol–water partition coefficient (Wildman–Crippen LogP) is 1.87. The number of ether oxygens (including phenoxy) is 1. The first-order valence-electron chi connectivity index (χ1n) is 6.93. The fourth-order valence-electron chi connectivity index (χ4n) is 1.79. The Kier molecular flexibility index (Phi) is 5.14. The minimum atomic E-state index is -0.700. The lowest BCUT2D eigenvalue weighted by Crippen LogP contribution is -2.42. The SMILES string of the molecule is CC(NC(=O)c1ccc(COc2ccccc2)cc1)C(N)=O. The molecule has 2 aromatic carbocycles. The van der Waals surface area contributed by atoms with Gasteiger partial charge in [-0.3, -0.25) is 9.59 Å². The second-order valence-electron chi connectivity index (χ2n) is 4.90. The lowest BCUT2D eigenvalue weighted by atomic mass is 10.1. The van der Waals surface area contributed by atoms with Gasteiger partial charge in [0.05, 0.1) is 0 Å². The van der Waals surface area contributed by atoms with E-state index in [-0.39, 0.29) is 5.91 Å². The Balaban J connectivity index is 1.92. The van der Waals surface area contributed by atoms with Crippen molar-refractivity contribution < 1.29 is 14.3 Å². The Morgan fingerprint density at radius 1 is 1.09 bits per heavy atom. The van der Waals surface area contributed by atoms with Crippen molar-refractivity contribution in [1.29, 1.82) is 0 Å². The van der Waals surface area contributed by atoms with Crippen molar-refractivity contribution >= 4 is 11.8 Å². The average molecular weight is 298 g/mol. The number of nitrogens with two attached hydrogens (primary N) is 1. The zero-order valence-corrected chi connectivity index (χ0v) is 12.3. The Hall–Kier alpha value is -2.82. The number of benzene rings is 2. The summed E-state index contributed by atoms with van der Waals surface area (Å²) in [6.45, 7) is 1.96. The van der Waals surface area contributed by atoms with Crippen molar-refractivity contribution in [3.63, 3.8) is 0 Å². The first-order valence-corrected chi connectivity index (χ1v) is 6.93. The molecule has 0 saturated carbocycles. The third-order valence-electron chi connectivity index (χ3n) is 3.14. The Bertz CT molecular complexity index is 639. The number of primary amides is 1. The van der Waals surface area contributed by atoms with Crippen LogP contribution in [0.1, 0.15) is 22.8 Å². The molecule has 5 heteroatoms. The predicted molar refractivity (Wildman–Crippen MR) is 83.3 cm³/mol. The lowest BCUT2D eigenvalue weighted by Gasteiger charge is -2.10. The molecule has 0 aliphatic carbocycles. The van der Waals surface area contributed by atoms with Gasteiger partial charge in [-0.15, -0.1) is 0 Å². The molecule has 2 amide bonds. The molecule has 5 nitrogen and oxygen atoms in total. The molecule has 0 aliphatic rings. The van der Waals surface area contributed by atoms with E-state index in [2.05, 4.69) is 5.32 Å². The summed E-state index contributed by atoms with van der Waals surface area (Å²) < 4.78 is 5.63. The van der Waals surface area contributed by atoms with Crippen LogP contribution in [0.15, 0.2) is 54.6 Å². The first-order chi connectivity index (χ1) is 10.6. The molecule has 0 saturated heterocycles. The van der Waals surface area contributed by atoms with E-state index in [9.17, 15) is 9.59 Å². The lowest BCUT2D eigenvalue weighted by molar-refractivity contribution is -0.119. The minimum absolute atomic E-state index is 0.332. The van der Waals surface area contributed by atoms with Crippen molar-refractivity contribution in [3.8, 4) is 5.75 Å². The molecule has 1 atom stereocenters. The van der Waals surface area contributed by atoms with Crippen LogP contribution in [0.2, 0.25) is 0 Å². The number of nitrogens with one attached hydrogen (secondary N) is 1. The van der Waals surface area contributed by atoms with Crippen molar-refractivity contribution in [1.82, 2.24) is 5.32 Å². The van der Waals surface area contributed by atoms with Crippen molar-refractivity contribution in [2.75, 3.05) is 0 Å². The van der Waals surface area contributed by atoms with E-state index in [1.807, 2.05) is 42.5 Å². The smallest absolute Gasteiger partial charge is 0.251 e. The van der Waals surface area contributed by atoms with Gasteiger partial charge in [0.2, 0.25) is 5.91 Å². The normalized spacial score (nSPS) is 11.5. The number of amides is 2. The molecule has 1 unspecified atom stereocenters. The molecule has 0 aliphatic heterocycles. The van der Waals surface area contributed by atoms with E-state index in [0.717, 1.165) is 11.3 Å². The Morgan fingerprint density at radius 2 is 1.73 bits per heavy atom. The van der Waals surface area contributed by atoms with Crippen LogP contribution in [0.3, 0.4) is 0 Å². The van der Waals surface area contributed by atoms with Crippen LogP contribution in [-0.4, -0.2) is 17.9 Å². The summed E-state index contributed by atoms with van der Waals surface area (Å²) in [5, 5.41) is 2.53. The van der Waals surface area contributed by atoms with Crippen LogP contribution in [0.4, 0.5) is 0 Å². The molecule has 2 aromatic rings. The minimum Gasteiger partial charge on any atom is -0.489 e. The highest BCUT2D eigenvalue weighted by Crippen LogP contribution is 2.12. The summed E-state index contributed by atoms with van der Waals surface area (Å²) in [5.74, 6) is -0.109. The monoisotopic (exact) mass is 298 g/mol. The third-order valence-corrected chi connectivity index (χ3v) is 3.14. The van der Waals surface area contributed by atoms with Crippen LogP contribution in [0.5, 0.6) is 5.75 Å². The number of carbonyl (C=O) groups is 2. The van der Waals surface area contributed by atoms with Gasteiger partial charge in [-0.1, -0.05) is 30.3 Å². The summed E-state index contributed by atoms with van der Waals surface area (Å²) in [6.07, 6.45) is 0. The summed E-state index contributed by atoms with van der Waals surface area (Å²) in [7, 11) is 0. The maximum absolute atomic E-state index is 11.9. The maximum atomic E-state index is 11.9. The van der Waals surface area contributed by atoms with E-state index in [0.29, 0.717) is 12.2 Å². The van der Waals surface area contributed by atoms with Gasteiger partial charge in [-0.25, -0.2) is 0 Å². The fourth-order valence-corrected chi connectivity index (χ4v) is 1.79. The molecular weight excluding hydrogens is 280 g/mol. The molecule has 0 aromatic heterocycles. The Labute approximate surface area is 129 Å². The van der Waals surface area contributed by atoms with Crippen molar-refractivity contribution in [3.05, 3.63) is 65.7 Å². The van der Waals surface area contributed by atoms with Crippen molar-refractivity contribution in [2.24, 2.45) is 5.73 Å². The van der Waals surface area contributed by atoms with Gasteiger partial charge in [-0.05, 0) is 36.8 Å². The van der Waals surface area contributed by atoms with Gasteiger partial charge in [-0.2, -0.15) is 0 Å². The van der Waals surface area contributed by atoms with Crippen LogP contribution in [-0.2, 0) is 11.4 Å². The number of carbonyl (C=O) groups excluding carboxylic acids is 2. The summed E-state index contributed by atoms with van der Waals surface area (Å²) >= 11 is 0. The molecule has 22 heavy (non-hydrogen) atoms. The van der Waals surface area contributed by atoms with E-state index in [1.165, 1.54) is 0 Å². The molecule has 114 valence electrons. The summed E-state index contributed by atoms with van der Waals surface area (Å²) in [6, 6.07) is 15.8. The third kappa shape index (κ3) is 4.34. The topological polar surface area (TPSA) is 81.4 Å². The van der Waals surface area contributed by atoms with E-state index >= 15 is 0 Å². The van der Waals surface area contributed by atoms with Crippen LogP contribution < -0.4 is 15.8 Å². The number of hydrogen-bond acceptors (Lipinski definition) is 3. The summed E-state index contributed by atoms with van der Waals surface area (Å²) in [4.78, 5) is 22.8. The zero-order valence-electron chi connectivity index (χ0n) is 12.3. The molecule has 0 spiro atoms. The zero-order chi connectivity index (χ0) is 15.9. The average Bonchev–Trinajstić information content (AvgIpc) is 2.54. The first kappa shape index (κ1) is 15.6. The molecule has 2 rings (SSSR count). The maximum Gasteiger partial charge on any atom is 0.251 e. The molecule has 0 radical (unpaired) electrons. The molecule has 0 heterocycles. The van der Waals surface area contributed by atoms with E-state index < -0.39 is 11.9 Å². The largest absolute Gasteiger partial charge is 0.489 e. The van der Waals surface area contributed by atoms with Gasteiger partial charge < -0.3 is 15.8 Å². The molecular formula is C17H18N2O3. The van der Waals surface area contributed by atoms with Crippen LogP contribution in [0.25, 0.3) is 0 Å². The quantitative estimate of drug-likeness (QED) is 0.854.